The molecule has 0 radical (unpaired) electrons. The Labute approximate surface area is 128 Å². The number of aryl methyl sites for hydroxylation is 2. The van der Waals surface area contributed by atoms with Gasteiger partial charge in [-0.1, -0.05) is 23.7 Å². The summed E-state index contributed by atoms with van der Waals surface area (Å²) in [4.78, 5) is 12.1. The Kier molecular flexibility index (Phi) is 5.22. The first-order chi connectivity index (χ1) is 10.1. The van der Waals surface area contributed by atoms with Crippen molar-refractivity contribution in [1.82, 2.24) is 15.1 Å². The van der Waals surface area contributed by atoms with E-state index in [0.29, 0.717) is 29.4 Å². The molecule has 1 aromatic heterocycles. The van der Waals surface area contributed by atoms with Gasteiger partial charge in [0.1, 0.15) is 5.75 Å². The van der Waals surface area contributed by atoms with Crippen LogP contribution in [0.5, 0.6) is 5.75 Å². The lowest BCUT2D eigenvalue weighted by molar-refractivity contribution is 0.0949. The molecule has 0 atom stereocenters. The van der Waals surface area contributed by atoms with Crippen molar-refractivity contribution in [2.24, 2.45) is 0 Å². The lowest BCUT2D eigenvalue weighted by atomic mass is 10.2. The number of ether oxygens (including phenoxy) is 1. The minimum atomic E-state index is -0.137. The summed E-state index contributed by atoms with van der Waals surface area (Å²) in [5, 5.41) is 7.80. The van der Waals surface area contributed by atoms with Gasteiger partial charge in [-0.3, -0.25) is 9.48 Å². The van der Waals surface area contributed by atoms with E-state index in [1.807, 2.05) is 19.1 Å². The second-order valence-electron chi connectivity index (χ2n) is 4.64. The molecule has 0 saturated heterocycles. The lowest BCUT2D eigenvalue weighted by Gasteiger charge is -2.09. The number of para-hydroxylation sites is 1. The summed E-state index contributed by atoms with van der Waals surface area (Å²) in [5.41, 5.74) is 1.35. The van der Waals surface area contributed by atoms with E-state index in [4.69, 9.17) is 16.3 Å². The topological polar surface area (TPSA) is 56.1 Å². The molecule has 0 spiro atoms. The van der Waals surface area contributed by atoms with Crippen LogP contribution in [0.3, 0.4) is 0 Å². The van der Waals surface area contributed by atoms with Gasteiger partial charge in [0.05, 0.1) is 23.4 Å². The number of carbonyl (C=O) groups excluding carboxylic acids is 1. The molecular formula is C15H18ClN3O2. The molecular weight excluding hydrogens is 290 g/mol. The van der Waals surface area contributed by atoms with Crippen molar-refractivity contribution in [1.29, 1.82) is 0 Å². The predicted molar refractivity (Wildman–Crippen MR) is 81.9 cm³/mol. The van der Waals surface area contributed by atoms with Crippen LogP contribution in [0, 0.1) is 6.92 Å². The van der Waals surface area contributed by atoms with Gasteiger partial charge in [0, 0.05) is 19.3 Å². The summed E-state index contributed by atoms with van der Waals surface area (Å²) in [7, 11) is 1.55. The number of nitrogens with zero attached hydrogens (tertiary/aromatic N) is 2. The Morgan fingerprint density at radius 1 is 1.43 bits per heavy atom. The maximum absolute atomic E-state index is 12.1. The van der Waals surface area contributed by atoms with Crippen molar-refractivity contribution in [2.45, 2.75) is 19.9 Å². The van der Waals surface area contributed by atoms with E-state index in [0.717, 1.165) is 12.1 Å². The number of benzene rings is 1. The smallest absolute Gasteiger partial charge is 0.255 e. The van der Waals surface area contributed by atoms with E-state index < -0.39 is 0 Å². The number of carbonyl (C=O) groups is 1. The molecule has 112 valence electrons. The first kappa shape index (κ1) is 15.4. The predicted octanol–water partition coefficient (Wildman–Crippen LogP) is 2.67. The maximum Gasteiger partial charge on any atom is 0.255 e. The summed E-state index contributed by atoms with van der Waals surface area (Å²) in [5.74, 6) is 0.437. The standard InChI is InChI=1S/C15H18ClN3O2/c1-11-13(16)10-19(18-11)9-5-8-17-15(20)12-6-3-4-7-14(12)21-2/h3-4,6-7,10H,5,8-9H2,1-2H3,(H,17,20). The third-order valence-corrected chi connectivity index (χ3v) is 3.46. The number of nitrogens with one attached hydrogen (secondary N) is 1. The largest absolute Gasteiger partial charge is 0.496 e. The minimum Gasteiger partial charge on any atom is -0.496 e. The Balaban J connectivity index is 1.82. The van der Waals surface area contributed by atoms with E-state index in [2.05, 4.69) is 10.4 Å². The van der Waals surface area contributed by atoms with Crippen LogP contribution >= 0.6 is 11.6 Å². The average molecular weight is 308 g/mol. The highest BCUT2D eigenvalue weighted by Crippen LogP contribution is 2.16. The molecule has 0 bridgehead atoms. The van der Waals surface area contributed by atoms with Crippen molar-refractivity contribution in [2.75, 3.05) is 13.7 Å². The third kappa shape index (κ3) is 3.98. The van der Waals surface area contributed by atoms with Crippen LogP contribution in [-0.4, -0.2) is 29.3 Å². The Hall–Kier alpha value is -2.01. The Morgan fingerprint density at radius 3 is 2.86 bits per heavy atom. The van der Waals surface area contributed by atoms with Crippen LogP contribution in [-0.2, 0) is 6.54 Å². The first-order valence-corrected chi connectivity index (χ1v) is 7.10. The molecule has 2 aromatic rings. The molecule has 0 unspecified atom stereocenters. The van der Waals surface area contributed by atoms with Gasteiger partial charge in [-0.15, -0.1) is 0 Å². The number of methoxy groups -OCH3 is 1. The molecule has 0 aliphatic carbocycles. The molecule has 1 heterocycles. The molecule has 1 N–H and O–H groups in total. The lowest BCUT2D eigenvalue weighted by Crippen LogP contribution is -2.25. The second-order valence-corrected chi connectivity index (χ2v) is 5.04. The Morgan fingerprint density at radius 2 is 2.19 bits per heavy atom. The number of halogens is 1. The summed E-state index contributed by atoms with van der Waals surface area (Å²) in [6.07, 6.45) is 2.57. The monoisotopic (exact) mass is 307 g/mol. The van der Waals surface area contributed by atoms with Crippen LogP contribution in [0.25, 0.3) is 0 Å². The highest BCUT2D eigenvalue weighted by molar-refractivity contribution is 6.31. The number of amides is 1. The van der Waals surface area contributed by atoms with Gasteiger partial charge in [-0.05, 0) is 25.5 Å². The van der Waals surface area contributed by atoms with Crippen molar-refractivity contribution in [3.05, 3.63) is 46.7 Å². The minimum absolute atomic E-state index is 0.137. The summed E-state index contributed by atoms with van der Waals surface area (Å²) >= 11 is 5.94. The van der Waals surface area contributed by atoms with Gasteiger partial charge in [-0.25, -0.2) is 0 Å². The van der Waals surface area contributed by atoms with Gasteiger partial charge in [0.15, 0.2) is 0 Å². The van der Waals surface area contributed by atoms with Gasteiger partial charge in [0.25, 0.3) is 5.91 Å². The van der Waals surface area contributed by atoms with Crippen LogP contribution in [0.1, 0.15) is 22.5 Å². The molecule has 0 fully saturated rings. The van der Waals surface area contributed by atoms with Crippen LogP contribution in [0.2, 0.25) is 5.02 Å². The van der Waals surface area contributed by atoms with Gasteiger partial charge < -0.3 is 10.1 Å². The highest BCUT2D eigenvalue weighted by Gasteiger charge is 2.10. The van der Waals surface area contributed by atoms with E-state index in [9.17, 15) is 4.79 Å². The molecule has 21 heavy (non-hydrogen) atoms. The molecule has 0 saturated carbocycles. The van der Waals surface area contributed by atoms with Gasteiger partial charge >= 0.3 is 0 Å². The fourth-order valence-electron chi connectivity index (χ4n) is 1.98. The van der Waals surface area contributed by atoms with Crippen LogP contribution < -0.4 is 10.1 Å². The van der Waals surface area contributed by atoms with Crippen LogP contribution in [0.4, 0.5) is 0 Å². The van der Waals surface area contributed by atoms with Crippen LogP contribution in [0.15, 0.2) is 30.5 Å². The Bertz CT molecular complexity index is 606. The first-order valence-electron chi connectivity index (χ1n) is 6.72. The third-order valence-electron chi connectivity index (χ3n) is 3.09. The van der Waals surface area contributed by atoms with E-state index in [1.165, 1.54) is 0 Å². The van der Waals surface area contributed by atoms with Gasteiger partial charge in [-0.2, -0.15) is 5.10 Å². The number of hydrogen-bond donors (Lipinski definition) is 1. The average Bonchev–Trinajstić information content (AvgIpc) is 2.82. The van der Waals surface area contributed by atoms with E-state index in [-0.39, 0.29) is 5.91 Å². The molecule has 1 aromatic carbocycles. The molecule has 1 amide bonds. The van der Waals surface area contributed by atoms with E-state index >= 15 is 0 Å². The zero-order valence-corrected chi connectivity index (χ0v) is 12.9. The number of rotatable bonds is 6. The summed E-state index contributed by atoms with van der Waals surface area (Å²) in [6.45, 7) is 3.13. The SMILES string of the molecule is COc1ccccc1C(=O)NCCCn1cc(Cl)c(C)n1. The highest BCUT2D eigenvalue weighted by atomic mass is 35.5. The van der Waals surface area contributed by atoms with Crippen molar-refractivity contribution in [3.63, 3.8) is 0 Å². The molecule has 0 aliphatic heterocycles. The van der Waals surface area contributed by atoms with Crippen molar-refractivity contribution in [3.8, 4) is 5.75 Å². The fraction of sp³-hybridized carbons (Fsp3) is 0.333. The number of hydrogen-bond acceptors (Lipinski definition) is 3. The zero-order valence-electron chi connectivity index (χ0n) is 12.1. The zero-order chi connectivity index (χ0) is 15.2. The molecule has 2 rings (SSSR count). The molecule has 5 nitrogen and oxygen atoms in total. The maximum atomic E-state index is 12.1. The summed E-state index contributed by atoms with van der Waals surface area (Å²) in [6, 6.07) is 7.15. The fourth-order valence-corrected chi connectivity index (χ4v) is 2.13. The molecule has 0 aliphatic rings. The van der Waals surface area contributed by atoms with E-state index in [1.54, 1.807) is 30.1 Å². The normalized spacial score (nSPS) is 10.4. The quantitative estimate of drug-likeness (QED) is 0.835. The second kappa shape index (κ2) is 7.13. The van der Waals surface area contributed by atoms with Crippen molar-refractivity contribution >= 4 is 17.5 Å². The number of aromatic nitrogens is 2. The summed E-state index contributed by atoms with van der Waals surface area (Å²) < 4.78 is 6.95. The van der Waals surface area contributed by atoms with Crippen molar-refractivity contribution < 1.29 is 9.53 Å². The molecule has 6 heteroatoms. The van der Waals surface area contributed by atoms with Gasteiger partial charge in [0.2, 0.25) is 0 Å².